The lowest BCUT2D eigenvalue weighted by atomic mass is 9.89. The van der Waals surface area contributed by atoms with Gasteiger partial charge in [-0.2, -0.15) is 0 Å². The van der Waals surface area contributed by atoms with E-state index in [1.165, 1.54) is 25.7 Å². The topological polar surface area (TPSA) is 41.1 Å². The van der Waals surface area contributed by atoms with Gasteiger partial charge in [0.25, 0.3) is 0 Å². The molecule has 2 N–H and O–H groups in total. The van der Waals surface area contributed by atoms with E-state index in [4.69, 9.17) is 0 Å². The number of carbonyl (C=O) groups excluding carboxylic acids is 1. The molecule has 0 saturated carbocycles. The summed E-state index contributed by atoms with van der Waals surface area (Å²) in [5.41, 5.74) is 0. The molecule has 0 aliphatic carbocycles. The fraction of sp³-hybridized carbons (Fsp3) is 0.786. The molecule has 0 aromatic carbocycles. The number of halogens is 1. The van der Waals surface area contributed by atoms with Gasteiger partial charge in [-0.3, -0.25) is 4.79 Å². The van der Waals surface area contributed by atoms with E-state index in [-0.39, 0.29) is 24.4 Å². The van der Waals surface area contributed by atoms with Crippen molar-refractivity contribution in [1.82, 2.24) is 10.6 Å². The molecule has 1 amide bonds. The molecule has 0 radical (unpaired) electrons. The number of hydrogen-bond donors (Lipinski definition) is 2. The fourth-order valence-corrected chi connectivity index (χ4v) is 3.25. The third-order valence-corrected chi connectivity index (χ3v) is 3.97. The van der Waals surface area contributed by atoms with Crippen LogP contribution in [0.1, 0.15) is 45.4 Å². The zero-order valence-corrected chi connectivity index (χ0v) is 12.0. The van der Waals surface area contributed by atoms with Gasteiger partial charge >= 0.3 is 0 Å². The summed E-state index contributed by atoms with van der Waals surface area (Å²) >= 11 is 0. The standard InChI is InChI=1S/C14H24N2O.ClH/c1-3-4-10(2)15-14(17)9-11-7-12-5-6-13(8-11)16-12;/h3,10-13,16H,1,4-9H2,2H3,(H,15,17);1H. The number of hydrogen-bond acceptors (Lipinski definition) is 2. The number of piperidine rings is 1. The molecular formula is C14H25ClN2O. The van der Waals surface area contributed by atoms with Gasteiger partial charge in [0, 0.05) is 24.5 Å². The van der Waals surface area contributed by atoms with Gasteiger partial charge in [-0.15, -0.1) is 19.0 Å². The van der Waals surface area contributed by atoms with E-state index in [0.29, 0.717) is 24.4 Å². The first kappa shape index (κ1) is 15.5. The Labute approximate surface area is 116 Å². The lowest BCUT2D eigenvalue weighted by Gasteiger charge is -2.29. The Bertz CT molecular complexity index is 284. The van der Waals surface area contributed by atoms with Crippen LogP contribution in [0.3, 0.4) is 0 Å². The average Bonchev–Trinajstić information content (AvgIpc) is 2.58. The van der Waals surface area contributed by atoms with Gasteiger partial charge in [0.15, 0.2) is 0 Å². The number of amides is 1. The largest absolute Gasteiger partial charge is 0.353 e. The zero-order chi connectivity index (χ0) is 12.3. The van der Waals surface area contributed by atoms with E-state index < -0.39 is 0 Å². The third-order valence-electron chi connectivity index (χ3n) is 3.97. The number of nitrogens with one attached hydrogen (secondary N) is 2. The van der Waals surface area contributed by atoms with Crippen molar-refractivity contribution < 1.29 is 4.79 Å². The smallest absolute Gasteiger partial charge is 0.220 e. The van der Waals surface area contributed by atoms with E-state index in [1.54, 1.807) is 0 Å². The highest BCUT2D eigenvalue weighted by Crippen LogP contribution is 2.32. The fourth-order valence-electron chi connectivity index (χ4n) is 3.25. The molecule has 3 atom stereocenters. The molecule has 2 aliphatic rings. The molecule has 2 saturated heterocycles. The molecule has 2 aliphatic heterocycles. The number of carbonyl (C=O) groups is 1. The summed E-state index contributed by atoms with van der Waals surface area (Å²) < 4.78 is 0. The predicted octanol–water partition coefficient (Wildman–Crippen LogP) is 2.41. The molecule has 4 heteroatoms. The van der Waals surface area contributed by atoms with Crippen LogP contribution in [-0.2, 0) is 4.79 Å². The summed E-state index contributed by atoms with van der Waals surface area (Å²) in [5, 5.41) is 6.66. The highest BCUT2D eigenvalue weighted by molar-refractivity contribution is 5.85. The Balaban J connectivity index is 0.00000162. The summed E-state index contributed by atoms with van der Waals surface area (Å²) in [6, 6.07) is 1.58. The Hall–Kier alpha value is -0.540. The van der Waals surface area contributed by atoms with Gasteiger partial charge < -0.3 is 10.6 Å². The van der Waals surface area contributed by atoms with Gasteiger partial charge in [-0.25, -0.2) is 0 Å². The molecule has 2 rings (SSSR count). The molecule has 104 valence electrons. The lowest BCUT2D eigenvalue weighted by molar-refractivity contribution is -0.122. The summed E-state index contributed by atoms with van der Waals surface area (Å²) in [6.45, 7) is 5.73. The molecule has 2 fully saturated rings. The minimum Gasteiger partial charge on any atom is -0.353 e. The third kappa shape index (κ3) is 4.29. The van der Waals surface area contributed by atoms with Crippen molar-refractivity contribution in [3.63, 3.8) is 0 Å². The van der Waals surface area contributed by atoms with Crippen LogP contribution in [0.5, 0.6) is 0 Å². The van der Waals surface area contributed by atoms with Gasteiger partial charge in [-0.05, 0) is 44.9 Å². The summed E-state index contributed by atoms with van der Waals surface area (Å²) in [6.07, 6.45) is 8.37. The second-order valence-corrected chi connectivity index (χ2v) is 5.67. The Morgan fingerprint density at radius 2 is 2.06 bits per heavy atom. The van der Waals surface area contributed by atoms with Gasteiger partial charge in [0.1, 0.15) is 0 Å². The van der Waals surface area contributed by atoms with Crippen LogP contribution in [0.4, 0.5) is 0 Å². The highest BCUT2D eigenvalue weighted by atomic mass is 35.5. The van der Waals surface area contributed by atoms with Gasteiger partial charge in [-0.1, -0.05) is 6.08 Å². The van der Waals surface area contributed by atoms with E-state index in [9.17, 15) is 4.79 Å². The Kier molecular flexibility index (Phi) is 6.16. The highest BCUT2D eigenvalue weighted by Gasteiger charge is 2.34. The number of rotatable bonds is 5. The molecule has 18 heavy (non-hydrogen) atoms. The van der Waals surface area contributed by atoms with E-state index in [0.717, 1.165) is 6.42 Å². The quantitative estimate of drug-likeness (QED) is 0.755. The van der Waals surface area contributed by atoms with Crippen molar-refractivity contribution in [2.24, 2.45) is 5.92 Å². The van der Waals surface area contributed by atoms with Crippen LogP contribution in [0, 0.1) is 5.92 Å². The minimum absolute atomic E-state index is 0. The van der Waals surface area contributed by atoms with Crippen molar-refractivity contribution in [1.29, 1.82) is 0 Å². The SMILES string of the molecule is C=CCC(C)NC(=O)CC1CC2CCC(C1)N2.Cl. The molecule has 3 nitrogen and oxygen atoms in total. The zero-order valence-electron chi connectivity index (χ0n) is 11.2. The first-order valence-electron chi connectivity index (χ1n) is 6.83. The molecule has 0 spiro atoms. The summed E-state index contributed by atoms with van der Waals surface area (Å²) in [5.74, 6) is 0.801. The number of fused-ring (bicyclic) bond motifs is 2. The summed E-state index contributed by atoms with van der Waals surface area (Å²) in [7, 11) is 0. The second kappa shape index (κ2) is 7.15. The van der Waals surface area contributed by atoms with Crippen molar-refractivity contribution in [2.75, 3.05) is 0 Å². The maximum atomic E-state index is 11.9. The van der Waals surface area contributed by atoms with Crippen LogP contribution in [-0.4, -0.2) is 24.0 Å². The first-order chi connectivity index (χ1) is 8.17. The van der Waals surface area contributed by atoms with Crippen LogP contribution in [0.15, 0.2) is 12.7 Å². The summed E-state index contributed by atoms with van der Waals surface area (Å²) in [4.78, 5) is 11.9. The van der Waals surface area contributed by atoms with Gasteiger partial charge in [0.2, 0.25) is 5.91 Å². The predicted molar refractivity (Wildman–Crippen MR) is 77.0 cm³/mol. The van der Waals surface area contributed by atoms with Crippen LogP contribution >= 0.6 is 12.4 Å². The van der Waals surface area contributed by atoms with Crippen molar-refractivity contribution in [3.05, 3.63) is 12.7 Å². The van der Waals surface area contributed by atoms with E-state index >= 15 is 0 Å². The van der Waals surface area contributed by atoms with Crippen LogP contribution < -0.4 is 10.6 Å². The van der Waals surface area contributed by atoms with Crippen molar-refractivity contribution in [2.45, 2.75) is 63.6 Å². The normalized spacial score (nSPS) is 31.3. The maximum absolute atomic E-state index is 11.9. The monoisotopic (exact) mass is 272 g/mol. The average molecular weight is 273 g/mol. The van der Waals surface area contributed by atoms with Gasteiger partial charge in [0.05, 0.1) is 0 Å². The lowest BCUT2D eigenvalue weighted by Crippen LogP contribution is -2.40. The molecule has 2 heterocycles. The van der Waals surface area contributed by atoms with E-state index in [1.807, 2.05) is 13.0 Å². The molecular weight excluding hydrogens is 248 g/mol. The van der Waals surface area contributed by atoms with Crippen molar-refractivity contribution >= 4 is 18.3 Å². The second-order valence-electron chi connectivity index (χ2n) is 5.67. The molecule has 3 unspecified atom stereocenters. The van der Waals surface area contributed by atoms with Crippen LogP contribution in [0.25, 0.3) is 0 Å². The molecule has 0 aromatic heterocycles. The van der Waals surface area contributed by atoms with E-state index in [2.05, 4.69) is 17.2 Å². The Morgan fingerprint density at radius 3 is 2.61 bits per heavy atom. The maximum Gasteiger partial charge on any atom is 0.220 e. The minimum atomic E-state index is 0. The first-order valence-corrected chi connectivity index (χ1v) is 6.83. The van der Waals surface area contributed by atoms with Crippen molar-refractivity contribution in [3.8, 4) is 0 Å². The van der Waals surface area contributed by atoms with Crippen LogP contribution in [0.2, 0.25) is 0 Å². The Morgan fingerprint density at radius 1 is 1.44 bits per heavy atom. The molecule has 0 aromatic rings. The molecule has 2 bridgehead atoms.